The van der Waals surface area contributed by atoms with E-state index in [4.69, 9.17) is 0 Å². The van der Waals surface area contributed by atoms with Gasteiger partial charge in [0.25, 0.3) is 11.8 Å². The van der Waals surface area contributed by atoms with Gasteiger partial charge >= 0.3 is 0 Å². The number of carbonyl (C=O) groups is 2. The number of likely N-dealkylation sites (tertiary alicyclic amines) is 1. The van der Waals surface area contributed by atoms with Crippen molar-refractivity contribution in [2.24, 2.45) is 0 Å². The predicted octanol–water partition coefficient (Wildman–Crippen LogP) is 2.74. The van der Waals surface area contributed by atoms with Gasteiger partial charge in [-0.1, -0.05) is 0 Å². The summed E-state index contributed by atoms with van der Waals surface area (Å²) in [7, 11) is 0. The van der Waals surface area contributed by atoms with E-state index in [9.17, 15) is 9.59 Å². The van der Waals surface area contributed by atoms with Gasteiger partial charge in [-0.2, -0.15) is 0 Å². The first kappa shape index (κ1) is 17.6. The van der Waals surface area contributed by atoms with Crippen LogP contribution in [0.2, 0.25) is 0 Å². The molecule has 7 nitrogen and oxygen atoms in total. The van der Waals surface area contributed by atoms with Crippen molar-refractivity contribution in [2.75, 3.05) is 13.1 Å². The van der Waals surface area contributed by atoms with Gasteiger partial charge < -0.3 is 14.4 Å². The number of aryl methyl sites for hydroxylation is 2. The molecule has 0 aromatic carbocycles. The average molecular weight is 414 g/mol. The second-order valence-electron chi connectivity index (χ2n) is 7.19. The second kappa shape index (κ2) is 6.52. The van der Waals surface area contributed by atoms with Crippen LogP contribution in [0.3, 0.4) is 0 Å². The summed E-state index contributed by atoms with van der Waals surface area (Å²) >= 11 is 3.06. The number of aromatic nitrogens is 3. The lowest BCUT2D eigenvalue weighted by molar-refractivity contribution is 0.0547. The topological polar surface area (TPSA) is 71.3 Å². The molecule has 144 valence electrons. The van der Waals surface area contributed by atoms with Crippen LogP contribution in [0.1, 0.15) is 42.7 Å². The van der Waals surface area contributed by atoms with Crippen LogP contribution in [0.5, 0.6) is 0 Å². The van der Waals surface area contributed by atoms with Crippen LogP contribution in [0, 0.1) is 13.8 Å². The third kappa shape index (κ3) is 2.77. The average Bonchev–Trinajstić information content (AvgIpc) is 3.44. The number of amides is 2. The molecule has 0 bridgehead atoms. The van der Waals surface area contributed by atoms with E-state index in [0.717, 1.165) is 15.7 Å². The molecule has 3 aromatic rings. The number of thiazole rings is 2. The van der Waals surface area contributed by atoms with Gasteiger partial charge in [-0.05, 0) is 26.0 Å². The summed E-state index contributed by atoms with van der Waals surface area (Å²) in [6, 6.07) is 3.73. The maximum Gasteiger partial charge on any atom is 0.273 e. The highest BCUT2D eigenvalue weighted by atomic mass is 32.1. The Morgan fingerprint density at radius 3 is 2.61 bits per heavy atom. The molecule has 2 amide bonds. The number of rotatable bonds is 3. The smallest absolute Gasteiger partial charge is 0.273 e. The lowest BCUT2D eigenvalue weighted by Crippen LogP contribution is -2.49. The molecule has 0 saturated carbocycles. The summed E-state index contributed by atoms with van der Waals surface area (Å²) in [6.07, 6.45) is 1.94. The highest BCUT2D eigenvalue weighted by Gasteiger charge is 2.46. The predicted molar refractivity (Wildman–Crippen MR) is 107 cm³/mol. The standard InChI is InChI=1S/C19H19N5O2S2/c1-11-20-13(9-27-11)6-24-17-8-22(18(25)14-10-28-12(2)21-14)7-16(17)23-5-3-4-15(23)19(24)26/h3-5,9-10,16-17H,6-8H2,1-2H3/t16-,17+/m0/s1. The molecule has 1 fully saturated rings. The van der Waals surface area contributed by atoms with Gasteiger partial charge in [0, 0.05) is 30.0 Å². The molecule has 28 heavy (non-hydrogen) atoms. The number of carbonyl (C=O) groups excluding carboxylic acids is 2. The maximum absolute atomic E-state index is 13.1. The van der Waals surface area contributed by atoms with E-state index < -0.39 is 0 Å². The van der Waals surface area contributed by atoms with Gasteiger partial charge in [-0.25, -0.2) is 9.97 Å². The van der Waals surface area contributed by atoms with Crippen molar-refractivity contribution in [1.29, 1.82) is 0 Å². The van der Waals surface area contributed by atoms with Crippen molar-refractivity contribution in [3.8, 4) is 0 Å². The van der Waals surface area contributed by atoms with E-state index in [2.05, 4.69) is 9.97 Å². The van der Waals surface area contributed by atoms with E-state index in [1.54, 1.807) is 11.3 Å². The van der Waals surface area contributed by atoms with Crippen LogP contribution in [0.25, 0.3) is 0 Å². The molecular weight excluding hydrogens is 394 g/mol. The van der Waals surface area contributed by atoms with Crippen molar-refractivity contribution < 1.29 is 9.59 Å². The summed E-state index contributed by atoms with van der Waals surface area (Å²) in [5.74, 6) is -0.0694. The molecule has 0 radical (unpaired) electrons. The number of nitrogens with zero attached hydrogens (tertiary/aromatic N) is 5. The Hall–Kier alpha value is -2.52. The number of fused-ring (bicyclic) bond motifs is 3. The van der Waals surface area contributed by atoms with Gasteiger partial charge in [-0.3, -0.25) is 9.59 Å². The Morgan fingerprint density at radius 1 is 1.14 bits per heavy atom. The number of hydrogen-bond acceptors (Lipinski definition) is 6. The molecule has 9 heteroatoms. The molecule has 0 unspecified atom stereocenters. The minimum absolute atomic E-state index is 0.00398. The molecular formula is C19H19N5O2S2. The third-order valence-electron chi connectivity index (χ3n) is 5.40. The SMILES string of the molecule is Cc1nc(CN2C(=O)c3cccn3[C@H]3CN(C(=O)c4csc(C)n4)C[C@H]32)cs1. The Labute approximate surface area is 170 Å². The lowest BCUT2D eigenvalue weighted by Gasteiger charge is -2.37. The Morgan fingerprint density at radius 2 is 1.89 bits per heavy atom. The zero-order chi connectivity index (χ0) is 19.4. The van der Waals surface area contributed by atoms with Crippen molar-refractivity contribution in [2.45, 2.75) is 32.5 Å². The summed E-state index contributed by atoms with van der Waals surface area (Å²) in [5.41, 5.74) is 2.06. The van der Waals surface area contributed by atoms with Gasteiger partial charge in [0.05, 0.1) is 34.3 Å². The largest absolute Gasteiger partial charge is 0.337 e. The summed E-state index contributed by atoms with van der Waals surface area (Å²) < 4.78 is 2.02. The molecule has 2 aliphatic rings. The van der Waals surface area contributed by atoms with Crippen LogP contribution < -0.4 is 0 Å². The van der Waals surface area contributed by atoms with E-state index in [1.807, 2.05) is 57.3 Å². The van der Waals surface area contributed by atoms with Crippen LogP contribution in [-0.2, 0) is 6.54 Å². The Bertz CT molecular complexity index is 1070. The maximum atomic E-state index is 13.1. The molecule has 3 aromatic heterocycles. The highest BCUT2D eigenvalue weighted by Crippen LogP contribution is 2.35. The second-order valence-corrected chi connectivity index (χ2v) is 9.31. The fourth-order valence-electron chi connectivity index (χ4n) is 4.14. The van der Waals surface area contributed by atoms with Crippen LogP contribution in [-0.4, -0.2) is 55.3 Å². The molecule has 1 saturated heterocycles. The molecule has 0 N–H and O–H groups in total. The fraction of sp³-hybridized carbons (Fsp3) is 0.368. The minimum atomic E-state index is -0.0712. The molecule has 0 spiro atoms. The minimum Gasteiger partial charge on any atom is -0.337 e. The monoisotopic (exact) mass is 413 g/mol. The van der Waals surface area contributed by atoms with Crippen molar-refractivity contribution >= 4 is 34.5 Å². The van der Waals surface area contributed by atoms with Crippen molar-refractivity contribution in [3.05, 3.63) is 56.2 Å². The molecule has 5 heterocycles. The quantitative estimate of drug-likeness (QED) is 0.662. The van der Waals surface area contributed by atoms with Gasteiger partial charge in [-0.15, -0.1) is 22.7 Å². The molecule has 5 rings (SSSR count). The normalized spacial score (nSPS) is 21.1. The van der Waals surface area contributed by atoms with Crippen LogP contribution >= 0.6 is 22.7 Å². The van der Waals surface area contributed by atoms with Crippen molar-refractivity contribution in [3.63, 3.8) is 0 Å². The highest BCUT2D eigenvalue weighted by molar-refractivity contribution is 7.09. The van der Waals surface area contributed by atoms with Crippen LogP contribution in [0.15, 0.2) is 29.1 Å². The first-order valence-electron chi connectivity index (χ1n) is 9.11. The van der Waals surface area contributed by atoms with E-state index in [0.29, 0.717) is 31.0 Å². The van der Waals surface area contributed by atoms with E-state index in [-0.39, 0.29) is 23.9 Å². The zero-order valence-corrected chi connectivity index (χ0v) is 17.2. The number of hydrogen-bond donors (Lipinski definition) is 0. The van der Waals surface area contributed by atoms with Gasteiger partial charge in [0.1, 0.15) is 11.4 Å². The lowest BCUT2D eigenvalue weighted by atomic mass is 10.1. The van der Waals surface area contributed by atoms with Gasteiger partial charge in [0.15, 0.2) is 0 Å². The van der Waals surface area contributed by atoms with Crippen molar-refractivity contribution in [1.82, 2.24) is 24.3 Å². The first-order chi connectivity index (χ1) is 13.5. The summed E-state index contributed by atoms with van der Waals surface area (Å²) in [5, 5.41) is 5.67. The fourth-order valence-corrected chi connectivity index (χ4v) is 5.34. The van der Waals surface area contributed by atoms with Gasteiger partial charge in [0.2, 0.25) is 0 Å². The third-order valence-corrected chi connectivity index (χ3v) is 7.00. The first-order valence-corrected chi connectivity index (χ1v) is 10.9. The van der Waals surface area contributed by atoms with Crippen LogP contribution in [0.4, 0.5) is 0 Å². The molecule has 0 aliphatic carbocycles. The molecule has 2 atom stereocenters. The molecule has 2 aliphatic heterocycles. The summed E-state index contributed by atoms with van der Waals surface area (Å²) in [4.78, 5) is 38.7. The Balaban J connectivity index is 1.47. The Kier molecular flexibility index (Phi) is 4.09. The van der Waals surface area contributed by atoms with E-state index >= 15 is 0 Å². The summed E-state index contributed by atoms with van der Waals surface area (Å²) in [6.45, 7) is 5.40. The van der Waals surface area contributed by atoms with E-state index in [1.165, 1.54) is 11.3 Å². The zero-order valence-electron chi connectivity index (χ0n) is 15.5.